The van der Waals surface area contributed by atoms with Crippen LogP contribution in [0.25, 0.3) is 0 Å². The second kappa shape index (κ2) is 8.34. The summed E-state index contributed by atoms with van der Waals surface area (Å²) in [5, 5.41) is 0. The molecule has 1 aromatic carbocycles. The van der Waals surface area contributed by atoms with Crippen molar-refractivity contribution in [3.63, 3.8) is 0 Å². The van der Waals surface area contributed by atoms with Crippen LogP contribution in [0, 0.1) is 17.8 Å². The highest BCUT2D eigenvalue weighted by molar-refractivity contribution is 5.85. The van der Waals surface area contributed by atoms with Gasteiger partial charge >= 0.3 is 12.1 Å². The summed E-state index contributed by atoms with van der Waals surface area (Å²) in [4.78, 5) is 28.1. The number of fused-ring (bicyclic) bond motifs is 1. The number of methoxy groups -OCH3 is 1. The zero-order valence-electron chi connectivity index (χ0n) is 19.9. The van der Waals surface area contributed by atoms with E-state index < -0.39 is 35.7 Å². The fraction of sp³-hybridized carbons (Fsp3) is 0.680. The molecule has 2 aliphatic heterocycles. The number of esters is 1. The van der Waals surface area contributed by atoms with Gasteiger partial charge in [-0.05, 0) is 50.0 Å². The van der Waals surface area contributed by atoms with Crippen molar-refractivity contribution in [3.05, 3.63) is 35.9 Å². The first-order valence-electron chi connectivity index (χ1n) is 11.6. The van der Waals surface area contributed by atoms with Crippen LogP contribution in [-0.4, -0.2) is 48.2 Å². The molecule has 3 aliphatic rings. The van der Waals surface area contributed by atoms with E-state index in [-0.39, 0.29) is 6.10 Å². The Balaban J connectivity index is 1.71. The largest absolute Gasteiger partial charge is 0.460 e. The molecule has 3 fully saturated rings. The monoisotopic (exact) mass is 445 g/mol. The minimum atomic E-state index is -1.46. The standard InChI is InChI=1S/C25H35NO6/c1-15(2)18-13-12-16(3)14-19(18)30-22(27)25(17-10-8-7-9-11-17)20-21(32-25)31-24(4,5)26(20)23(28)29-6/h7-11,15-16,18-21H,12-14H2,1-6H3/t16-,18+,19-,20-,21-,25-/m1/s1. The summed E-state index contributed by atoms with van der Waals surface area (Å²) in [6.07, 6.45) is 1.52. The van der Waals surface area contributed by atoms with Crippen LogP contribution in [0.2, 0.25) is 0 Å². The summed E-state index contributed by atoms with van der Waals surface area (Å²) in [5.41, 5.74) is -1.80. The van der Waals surface area contributed by atoms with Gasteiger partial charge in [-0.1, -0.05) is 57.5 Å². The van der Waals surface area contributed by atoms with E-state index in [1.54, 1.807) is 13.8 Å². The van der Waals surface area contributed by atoms with Gasteiger partial charge in [0.15, 0.2) is 6.29 Å². The highest BCUT2D eigenvalue weighted by Crippen LogP contribution is 2.54. The molecule has 7 nitrogen and oxygen atoms in total. The Morgan fingerprint density at radius 3 is 2.44 bits per heavy atom. The van der Waals surface area contributed by atoms with Gasteiger partial charge in [-0.15, -0.1) is 0 Å². The van der Waals surface area contributed by atoms with Crippen molar-refractivity contribution in [3.8, 4) is 0 Å². The Morgan fingerprint density at radius 1 is 1.12 bits per heavy atom. The summed E-state index contributed by atoms with van der Waals surface area (Å²) in [6.45, 7) is 10.1. The van der Waals surface area contributed by atoms with Crippen LogP contribution in [0.15, 0.2) is 30.3 Å². The zero-order valence-corrected chi connectivity index (χ0v) is 19.9. The Bertz CT molecular complexity index is 855. The molecule has 0 aromatic heterocycles. The topological polar surface area (TPSA) is 74.3 Å². The number of hydrogen-bond donors (Lipinski definition) is 0. The molecule has 1 amide bonds. The first kappa shape index (κ1) is 23.1. The van der Waals surface area contributed by atoms with Gasteiger partial charge in [0.2, 0.25) is 5.60 Å². The normalized spacial score (nSPS) is 35.7. The summed E-state index contributed by atoms with van der Waals surface area (Å²) in [6, 6.07) is 8.57. The van der Waals surface area contributed by atoms with Crippen molar-refractivity contribution < 1.29 is 28.5 Å². The Morgan fingerprint density at radius 2 is 1.81 bits per heavy atom. The fourth-order valence-corrected chi connectivity index (χ4v) is 5.62. The van der Waals surface area contributed by atoms with Crippen LogP contribution < -0.4 is 0 Å². The molecule has 2 saturated heterocycles. The molecular formula is C25H35NO6. The third-order valence-electron chi connectivity index (χ3n) is 7.34. The van der Waals surface area contributed by atoms with Crippen LogP contribution >= 0.6 is 0 Å². The molecule has 0 N–H and O–H groups in total. The summed E-state index contributed by atoms with van der Waals surface area (Å²) >= 11 is 0. The lowest BCUT2D eigenvalue weighted by Crippen LogP contribution is -2.70. The van der Waals surface area contributed by atoms with E-state index in [1.165, 1.54) is 12.0 Å². The smallest absolute Gasteiger partial charge is 0.412 e. The predicted molar refractivity (Wildman–Crippen MR) is 117 cm³/mol. The Kier molecular flexibility index (Phi) is 6.01. The van der Waals surface area contributed by atoms with Gasteiger partial charge < -0.3 is 18.9 Å². The second-order valence-electron chi connectivity index (χ2n) is 10.2. The van der Waals surface area contributed by atoms with Crippen molar-refractivity contribution in [2.24, 2.45) is 17.8 Å². The van der Waals surface area contributed by atoms with Crippen LogP contribution in [0.3, 0.4) is 0 Å². The molecule has 7 heteroatoms. The highest BCUT2D eigenvalue weighted by atomic mass is 16.8. The number of benzene rings is 1. The SMILES string of the molecule is COC(=O)N1[C@@H]2[C@H](OC1(C)C)O[C@]2(C(=O)O[C@@H]1C[C@H](C)CC[C@H]1C(C)C)c1ccccc1. The predicted octanol–water partition coefficient (Wildman–Crippen LogP) is 4.45. The van der Waals surface area contributed by atoms with Crippen LogP contribution in [0.1, 0.15) is 59.4 Å². The van der Waals surface area contributed by atoms with Crippen molar-refractivity contribution >= 4 is 12.1 Å². The molecule has 0 spiro atoms. The van der Waals surface area contributed by atoms with Crippen LogP contribution in [0.5, 0.6) is 0 Å². The molecule has 0 radical (unpaired) electrons. The van der Waals surface area contributed by atoms with E-state index in [2.05, 4.69) is 20.8 Å². The molecule has 0 unspecified atom stereocenters. The first-order chi connectivity index (χ1) is 15.1. The fourth-order valence-electron chi connectivity index (χ4n) is 5.62. The van der Waals surface area contributed by atoms with Gasteiger partial charge in [0.25, 0.3) is 0 Å². The van der Waals surface area contributed by atoms with Crippen molar-refractivity contribution in [1.82, 2.24) is 4.90 Å². The molecule has 1 saturated carbocycles. The maximum absolute atomic E-state index is 13.9. The number of carbonyl (C=O) groups is 2. The number of ether oxygens (including phenoxy) is 4. The molecule has 176 valence electrons. The number of carbonyl (C=O) groups excluding carboxylic acids is 2. The van der Waals surface area contributed by atoms with Gasteiger partial charge in [-0.25, -0.2) is 9.59 Å². The highest BCUT2D eigenvalue weighted by Gasteiger charge is 2.73. The average molecular weight is 446 g/mol. The lowest BCUT2D eigenvalue weighted by atomic mass is 9.75. The lowest BCUT2D eigenvalue weighted by molar-refractivity contribution is -0.312. The minimum Gasteiger partial charge on any atom is -0.460 e. The molecular weight excluding hydrogens is 410 g/mol. The number of amides is 1. The van der Waals surface area contributed by atoms with Gasteiger partial charge in [0, 0.05) is 0 Å². The van der Waals surface area contributed by atoms with E-state index in [9.17, 15) is 9.59 Å². The molecule has 4 rings (SSSR count). The molecule has 0 bridgehead atoms. The van der Waals surface area contributed by atoms with Crippen LogP contribution in [-0.2, 0) is 29.3 Å². The molecule has 32 heavy (non-hydrogen) atoms. The third kappa shape index (κ3) is 3.59. The van der Waals surface area contributed by atoms with E-state index >= 15 is 0 Å². The van der Waals surface area contributed by atoms with Gasteiger partial charge in [0.1, 0.15) is 17.9 Å². The minimum absolute atomic E-state index is 0.184. The maximum Gasteiger partial charge on any atom is 0.412 e. The van der Waals surface area contributed by atoms with E-state index in [4.69, 9.17) is 18.9 Å². The van der Waals surface area contributed by atoms with Crippen molar-refractivity contribution in [2.45, 2.75) is 83.6 Å². The van der Waals surface area contributed by atoms with Gasteiger partial charge in [-0.3, -0.25) is 4.90 Å². The third-order valence-corrected chi connectivity index (χ3v) is 7.34. The molecule has 2 heterocycles. The Labute approximate surface area is 190 Å². The van der Waals surface area contributed by atoms with E-state index in [0.29, 0.717) is 23.3 Å². The molecule has 1 aliphatic carbocycles. The second-order valence-corrected chi connectivity index (χ2v) is 10.2. The Hall–Kier alpha value is -2.12. The maximum atomic E-state index is 13.9. The van der Waals surface area contributed by atoms with Gasteiger partial charge in [-0.2, -0.15) is 0 Å². The van der Waals surface area contributed by atoms with E-state index in [0.717, 1.165) is 19.3 Å². The number of nitrogens with zero attached hydrogens (tertiary/aromatic N) is 1. The molecule has 6 atom stereocenters. The first-order valence-corrected chi connectivity index (χ1v) is 11.6. The van der Waals surface area contributed by atoms with Crippen molar-refractivity contribution in [1.29, 1.82) is 0 Å². The number of hydrogen-bond acceptors (Lipinski definition) is 6. The number of rotatable bonds is 4. The van der Waals surface area contributed by atoms with Gasteiger partial charge in [0.05, 0.1) is 7.11 Å². The zero-order chi connectivity index (χ0) is 23.3. The van der Waals surface area contributed by atoms with Crippen LogP contribution in [0.4, 0.5) is 4.79 Å². The van der Waals surface area contributed by atoms with Crippen molar-refractivity contribution in [2.75, 3.05) is 7.11 Å². The summed E-state index contributed by atoms with van der Waals surface area (Å²) in [7, 11) is 1.32. The summed E-state index contributed by atoms with van der Waals surface area (Å²) < 4.78 is 23.4. The average Bonchev–Trinajstić information content (AvgIpc) is 2.95. The van der Waals surface area contributed by atoms with E-state index in [1.807, 2.05) is 30.3 Å². The summed E-state index contributed by atoms with van der Waals surface area (Å²) in [5.74, 6) is 0.728. The molecule has 1 aromatic rings. The quantitative estimate of drug-likeness (QED) is 0.638. The lowest BCUT2D eigenvalue weighted by Gasteiger charge is -2.51.